The highest BCUT2D eigenvalue weighted by Crippen LogP contribution is 2.16. The van der Waals surface area contributed by atoms with Gasteiger partial charge in [0.25, 0.3) is 5.91 Å². The molecule has 0 saturated heterocycles. The van der Waals surface area contributed by atoms with Crippen molar-refractivity contribution in [3.63, 3.8) is 0 Å². The molecule has 5 heteroatoms. The van der Waals surface area contributed by atoms with Crippen LogP contribution in [0, 0.1) is 13.8 Å². The standard InChI is InChI=1S/C18H18BrNO3/c1-12-7-8-14(9-13(12)2)18(22)20-10-17(21)23-11-15-5-3-4-6-16(15)19/h3-9H,10-11H2,1-2H3,(H,20,22). The Hall–Kier alpha value is -2.14. The van der Waals surface area contributed by atoms with E-state index in [1.165, 1.54) is 0 Å². The van der Waals surface area contributed by atoms with E-state index in [0.29, 0.717) is 5.56 Å². The Morgan fingerprint density at radius 2 is 1.83 bits per heavy atom. The number of carbonyl (C=O) groups is 2. The van der Waals surface area contributed by atoms with Crippen molar-refractivity contribution < 1.29 is 14.3 Å². The molecule has 0 aromatic heterocycles. The lowest BCUT2D eigenvalue weighted by atomic mass is 10.1. The van der Waals surface area contributed by atoms with Crippen molar-refractivity contribution in [2.45, 2.75) is 20.5 Å². The number of nitrogens with one attached hydrogen (secondary N) is 1. The summed E-state index contributed by atoms with van der Waals surface area (Å²) in [5.74, 6) is -0.760. The van der Waals surface area contributed by atoms with Crippen molar-refractivity contribution in [3.8, 4) is 0 Å². The van der Waals surface area contributed by atoms with Crippen molar-refractivity contribution in [1.82, 2.24) is 5.32 Å². The number of aryl methyl sites for hydroxylation is 2. The molecule has 0 heterocycles. The molecule has 1 amide bonds. The molecular formula is C18H18BrNO3. The van der Waals surface area contributed by atoms with Crippen molar-refractivity contribution >= 4 is 27.8 Å². The fourth-order valence-corrected chi connectivity index (χ4v) is 2.36. The van der Waals surface area contributed by atoms with E-state index in [2.05, 4.69) is 21.2 Å². The molecule has 4 nitrogen and oxygen atoms in total. The van der Waals surface area contributed by atoms with Crippen LogP contribution in [0.5, 0.6) is 0 Å². The largest absolute Gasteiger partial charge is 0.459 e. The van der Waals surface area contributed by atoms with Crippen LogP contribution in [-0.4, -0.2) is 18.4 Å². The second kappa shape index (κ2) is 7.92. The van der Waals surface area contributed by atoms with E-state index in [4.69, 9.17) is 4.74 Å². The van der Waals surface area contributed by atoms with E-state index in [1.54, 1.807) is 12.1 Å². The fraction of sp³-hybridized carbons (Fsp3) is 0.222. The molecule has 0 unspecified atom stereocenters. The third kappa shape index (κ3) is 4.93. The van der Waals surface area contributed by atoms with E-state index in [9.17, 15) is 9.59 Å². The van der Waals surface area contributed by atoms with Gasteiger partial charge in [-0.2, -0.15) is 0 Å². The van der Waals surface area contributed by atoms with Gasteiger partial charge in [-0.3, -0.25) is 9.59 Å². The second-order valence-corrected chi connectivity index (χ2v) is 6.09. The predicted molar refractivity (Wildman–Crippen MR) is 92.2 cm³/mol. The van der Waals surface area contributed by atoms with E-state index in [-0.39, 0.29) is 19.1 Å². The van der Waals surface area contributed by atoms with E-state index < -0.39 is 5.97 Å². The Morgan fingerprint density at radius 3 is 2.52 bits per heavy atom. The molecule has 1 N–H and O–H groups in total. The smallest absolute Gasteiger partial charge is 0.325 e. The highest BCUT2D eigenvalue weighted by atomic mass is 79.9. The van der Waals surface area contributed by atoms with Crippen LogP contribution in [0.2, 0.25) is 0 Å². The summed E-state index contributed by atoms with van der Waals surface area (Å²) in [6.07, 6.45) is 0. The number of rotatable bonds is 5. The van der Waals surface area contributed by atoms with Crippen molar-refractivity contribution in [1.29, 1.82) is 0 Å². The molecule has 23 heavy (non-hydrogen) atoms. The highest BCUT2D eigenvalue weighted by Gasteiger charge is 2.10. The van der Waals surface area contributed by atoms with Gasteiger partial charge in [0.05, 0.1) is 0 Å². The summed E-state index contributed by atoms with van der Waals surface area (Å²) in [5.41, 5.74) is 3.57. The monoisotopic (exact) mass is 375 g/mol. The summed E-state index contributed by atoms with van der Waals surface area (Å²) in [5, 5.41) is 2.57. The van der Waals surface area contributed by atoms with Gasteiger partial charge in [-0.15, -0.1) is 0 Å². The van der Waals surface area contributed by atoms with Crippen LogP contribution in [-0.2, 0) is 16.1 Å². The number of hydrogen-bond acceptors (Lipinski definition) is 3. The number of halogens is 1. The summed E-state index contributed by atoms with van der Waals surface area (Å²) in [6, 6.07) is 12.9. The third-order valence-electron chi connectivity index (χ3n) is 3.51. The number of carbonyl (C=O) groups excluding carboxylic acids is 2. The molecule has 0 aliphatic heterocycles. The maximum Gasteiger partial charge on any atom is 0.325 e. The fourth-order valence-electron chi connectivity index (χ4n) is 1.96. The highest BCUT2D eigenvalue weighted by molar-refractivity contribution is 9.10. The number of esters is 1. The Kier molecular flexibility index (Phi) is 5.93. The Balaban J connectivity index is 1.83. The molecular weight excluding hydrogens is 358 g/mol. The van der Waals surface area contributed by atoms with Gasteiger partial charge in [0.15, 0.2) is 0 Å². The molecule has 2 rings (SSSR count). The first-order valence-electron chi connectivity index (χ1n) is 7.22. The minimum Gasteiger partial charge on any atom is -0.459 e. The molecule has 0 radical (unpaired) electrons. The van der Waals surface area contributed by atoms with Crippen LogP contribution in [0.3, 0.4) is 0 Å². The number of benzene rings is 2. The van der Waals surface area contributed by atoms with Gasteiger partial charge in [0.2, 0.25) is 0 Å². The van der Waals surface area contributed by atoms with E-state index in [1.807, 2.05) is 44.2 Å². The van der Waals surface area contributed by atoms with Crippen molar-refractivity contribution in [2.75, 3.05) is 6.54 Å². The van der Waals surface area contributed by atoms with Gasteiger partial charge in [-0.05, 0) is 43.2 Å². The first-order valence-corrected chi connectivity index (χ1v) is 8.01. The molecule has 0 spiro atoms. The number of amides is 1. The molecule has 0 saturated carbocycles. The summed E-state index contributed by atoms with van der Waals surface area (Å²) < 4.78 is 6.04. The molecule has 0 fully saturated rings. The molecule has 2 aromatic carbocycles. The first-order chi connectivity index (χ1) is 11.0. The summed E-state index contributed by atoms with van der Waals surface area (Å²) >= 11 is 3.39. The Bertz CT molecular complexity index is 728. The average Bonchev–Trinajstić information content (AvgIpc) is 2.54. The van der Waals surface area contributed by atoms with Crippen LogP contribution in [0.25, 0.3) is 0 Å². The van der Waals surface area contributed by atoms with Crippen LogP contribution >= 0.6 is 15.9 Å². The zero-order valence-electron chi connectivity index (χ0n) is 13.1. The minimum atomic E-state index is -0.474. The first kappa shape index (κ1) is 17.2. The van der Waals surface area contributed by atoms with Gasteiger partial charge in [0, 0.05) is 15.6 Å². The minimum absolute atomic E-state index is 0.157. The van der Waals surface area contributed by atoms with Gasteiger partial charge >= 0.3 is 5.97 Å². The molecule has 0 aliphatic rings. The average molecular weight is 376 g/mol. The molecule has 0 atom stereocenters. The maximum atomic E-state index is 12.0. The van der Waals surface area contributed by atoms with Crippen LogP contribution in [0.1, 0.15) is 27.0 Å². The Morgan fingerprint density at radius 1 is 1.09 bits per heavy atom. The lowest BCUT2D eigenvalue weighted by Crippen LogP contribution is -2.30. The maximum absolute atomic E-state index is 12.0. The second-order valence-electron chi connectivity index (χ2n) is 5.23. The zero-order chi connectivity index (χ0) is 16.8. The summed E-state index contributed by atoms with van der Waals surface area (Å²) in [6.45, 7) is 3.93. The van der Waals surface area contributed by atoms with Crippen molar-refractivity contribution in [2.24, 2.45) is 0 Å². The normalized spacial score (nSPS) is 10.2. The molecule has 2 aromatic rings. The Labute approximate surface area is 144 Å². The molecule has 0 bridgehead atoms. The number of hydrogen-bond donors (Lipinski definition) is 1. The quantitative estimate of drug-likeness (QED) is 0.813. The van der Waals surface area contributed by atoms with Crippen LogP contribution in [0.15, 0.2) is 46.9 Å². The van der Waals surface area contributed by atoms with Crippen LogP contribution in [0.4, 0.5) is 0 Å². The van der Waals surface area contributed by atoms with E-state index in [0.717, 1.165) is 21.2 Å². The number of ether oxygens (including phenoxy) is 1. The zero-order valence-corrected chi connectivity index (χ0v) is 14.6. The van der Waals surface area contributed by atoms with Gasteiger partial charge < -0.3 is 10.1 Å². The van der Waals surface area contributed by atoms with Gasteiger partial charge in [-0.1, -0.05) is 40.2 Å². The van der Waals surface area contributed by atoms with E-state index >= 15 is 0 Å². The lowest BCUT2D eigenvalue weighted by molar-refractivity contribution is -0.143. The lowest BCUT2D eigenvalue weighted by Gasteiger charge is -2.08. The van der Waals surface area contributed by atoms with Crippen molar-refractivity contribution in [3.05, 3.63) is 69.2 Å². The molecule has 120 valence electrons. The predicted octanol–water partition coefficient (Wildman–Crippen LogP) is 3.54. The summed E-state index contributed by atoms with van der Waals surface area (Å²) in [4.78, 5) is 23.7. The van der Waals surface area contributed by atoms with Gasteiger partial charge in [-0.25, -0.2) is 0 Å². The summed E-state index contributed by atoms with van der Waals surface area (Å²) in [7, 11) is 0. The van der Waals surface area contributed by atoms with Crippen LogP contribution < -0.4 is 5.32 Å². The SMILES string of the molecule is Cc1ccc(C(=O)NCC(=O)OCc2ccccc2Br)cc1C. The molecule has 0 aliphatic carbocycles. The third-order valence-corrected chi connectivity index (χ3v) is 4.28. The topological polar surface area (TPSA) is 55.4 Å². The van der Waals surface area contributed by atoms with Gasteiger partial charge in [0.1, 0.15) is 13.2 Å².